The molecule has 0 unspecified atom stereocenters. The maximum Gasteiger partial charge on any atom is 0.255 e. The lowest BCUT2D eigenvalue weighted by Crippen LogP contribution is -2.24. The van der Waals surface area contributed by atoms with E-state index in [-0.39, 0.29) is 11.7 Å². The lowest BCUT2D eigenvalue weighted by molar-refractivity contribution is 0.0950. The monoisotopic (exact) mass is 289 g/mol. The van der Waals surface area contributed by atoms with Crippen molar-refractivity contribution in [3.05, 3.63) is 42.5 Å². The van der Waals surface area contributed by atoms with Gasteiger partial charge in [0, 0.05) is 6.54 Å². The van der Waals surface area contributed by atoms with Crippen molar-refractivity contribution in [3.63, 3.8) is 0 Å². The minimum atomic E-state index is -0.197. The van der Waals surface area contributed by atoms with Crippen LogP contribution in [0.2, 0.25) is 0 Å². The molecule has 0 aromatic heterocycles. The zero-order valence-corrected chi connectivity index (χ0v) is 12.8. The number of carbonyl (C=O) groups is 1. The van der Waals surface area contributed by atoms with Crippen LogP contribution in [-0.4, -0.2) is 17.6 Å². The number of unbranched alkanes of at least 4 members (excludes halogenated alkanes) is 7. The largest absolute Gasteiger partial charge is 0.507 e. The smallest absolute Gasteiger partial charge is 0.255 e. The standard InChI is InChI=1S/C18H27NO2/c1-2-3-4-5-6-7-8-9-12-15-19-18(21)16-13-10-11-14-17(16)20/h2,10-11,13-14,20H,1,3-9,12,15H2,(H,19,21). The van der Waals surface area contributed by atoms with Gasteiger partial charge in [-0.2, -0.15) is 0 Å². The van der Waals surface area contributed by atoms with Crippen molar-refractivity contribution < 1.29 is 9.90 Å². The molecule has 0 aliphatic carbocycles. The van der Waals surface area contributed by atoms with Crippen LogP contribution in [0.25, 0.3) is 0 Å². The highest BCUT2D eigenvalue weighted by molar-refractivity contribution is 5.96. The van der Waals surface area contributed by atoms with Crippen molar-refractivity contribution in [1.82, 2.24) is 5.32 Å². The highest BCUT2D eigenvalue weighted by atomic mass is 16.3. The summed E-state index contributed by atoms with van der Waals surface area (Å²) in [5.74, 6) is -0.160. The fraction of sp³-hybridized carbons (Fsp3) is 0.500. The Morgan fingerprint density at radius 3 is 2.33 bits per heavy atom. The van der Waals surface area contributed by atoms with Crippen LogP contribution in [0.5, 0.6) is 5.75 Å². The molecule has 0 bridgehead atoms. The molecule has 0 aliphatic heterocycles. The minimum Gasteiger partial charge on any atom is -0.507 e. The molecule has 0 saturated heterocycles. The molecule has 0 saturated carbocycles. The van der Waals surface area contributed by atoms with Crippen LogP contribution in [0.15, 0.2) is 36.9 Å². The second-order valence-electron chi connectivity index (χ2n) is 5.33. The van der Waals surface area contributed by atoms with Crippen LogP contribution >= 0.6 is 0 Å². The number of rotatable bonds is 11. The first-order valence-corrected chi connectivity index (χ1v) is 7.93. The van der Waals surface area contributed by atoms with Crippen molar-refractivity contribution in [2.75, 3.05) is 6.54 Å². The summed E-state index contributed by atoms with van der Waals surface area (Å²) in [7, 11) is 0. The molecule has 3 nitrogen and oxygen atoms in total. The molecule has 1 aromatic rings. The number of benzene rings is 1. The van der Waals surface area contributed by atoms with E-state index in [1.807, 2.05) is 6.08 Å². The van der Waals surface area contributed by atoms with Gasteiger partial charge < -0.3 is 10.4 Å². The van der Waals surface area contributed by atoms with E-state index in [0.29, 0.717) is 12.1 Å². The number of phenols is 1. The average molecular weight is 289 g/mol. The third kappa shape index (κ3) is 7.54. The molecule has 0 aliphatic rings. The van der Waals surface area contributed by atoms with Gasteiger partial charge in [-0.3, -0.25) is 4.79 Å². The second-order valence-corrected chi connectivity index (χ2v) is 5.33. The quantitative estimate of drug-likeness (QED) is 0.467. The Balaban J connectivity index is 2.01. The number of nitrogens with one attached hydrogen (secondary N) is 1. The number of hydrogen-bond donors (Lipinski definition) is 2. The summed E-state index contributed by atoms with van der Waals surface area (Å²) in [5, 5.41) is 12.4. The Kier molecular flexibility index (Phi) is 9.01. The summed E-state index contributed by atoms with van der Waals surface area (Å²) in [6, 6.07) is 6.62. The highest BCUT2D eigenvalue weighted by Gasteiger charge is 2.08. The fourth-order valence-electron chi connectivity index (χ4n) is 2.26. The van der Waals surface area contributed by atoms with Gasteiger partial charge in [0.1, 0.15) is 5.75 Å². The van der Waals surface area contributed by atoms with E-state index >= 15 is 0 Å². The second kappa shape index (κ2) is 11.0. The molecular formula is C18H27NO2. The van der Waals surface area contributed by atoms with Crippen LogP contribution in [-0.2, 0) is 0 Å². The van der Waals surface area contributed by atoms with E-state index in [4.69, 9.17) is 0 Å². The summed E-state index contributed by atoms with van der Waals surface area (Å²) in [4.78, 5) is 11.8. The van der Waals surface area contributed by atoms with E-state index in [0.717, 1.165) is 19.3 Å². The lowest BCUT2D eigenvalue weighted by Gasteiger charge is -2.06. The van der Waals surface area contributed by atoms with E-state index < -0.39 is 0 Å². The summed E-state index contributed by atoms with van der Waals surface area (Å²) in [5.41, 5.74) is 0.347. The van der Waals surface area contributed by atoms with E-state index in [1.165, 1.54) is 38.2 Å². The van der Waals surface area contributed by atoms with Gasteiger partial charge in [-0.1, -0.05) is 50.3 Å². The Hall–Kier alpha value is -1.77. The molecule has 3 heteroatoms. The summed E-state index contributed by atoms with van der Waals surface area (Å²) in [6.07, 6.45) is 11.6. The molecule has 1 aromatic carbocycles. The maximum atomic E-state index is 11.8. The number of aromatic hydroxyl groups is 1. The first kappa shape index (κ1) is 17.3. The first-order chi connectivity index (χ1) is 10.3. The van der Waals surface area contributed by atoms with Crippen molar-refractivity contribution in [2.24, 2.45) is 0 Å². The Bertz CT molecular complexity index is 429. The normalized spacial score (nSPS) is 10.3. The van der Waals surface area contributed by atoms with Gasteiger partial charge in [0.15, 0.2) is 0 Å². The predicted molar refractivity (Wildman–Crippen MR) is 87.6 cm³/mol. The molecule has 0 heterocycles. The molecule has 0 atom stereocenters. The maximum absolute atomic E-state index is 11.8. The topological polar surface area (TPSA) is 49.3 Å². The van der Waals surface area contributed by atoms with Crippen molar-refractivity contribution in [2.45, 2.75) is 51.4 Å². The minimum absolute atomic E-state index is 0.0366. The van der Waals surface area contributed by atoms with E-state index in [2.05, 4.69) is 11.9 Å². The number of amides is 1. The highest BCUT2D eigenvalue weighted by Crippen LogP contribution is 2.15. The molecule has 1 rings (SSSR count). The predicted octanol–water partition coefficient (Wildman–Crippen LogP) is 4.43. The zero-order chi connectivity index (χ0) is 15.3. The van der Waals surface area contributed by atoms with Crippen molar-refractivity contribution in [1.29, 1.82) is 0 Å². The van der Waals surface area contributed by atoms with Gasteiger partial charge in [0.2, 0.25) is 0 Å². The third-order valence-electron chi connectivity index (χ3n) is 3.52. The molecule has 1 amide bonds. The molecular weight excluding hydrogens is 262 g/mol. The van der Waals surface area contributed by atoms with Gasteiger partial charge in [0.05, 0.1) is 5.56 Å². The summed E-state index contributed by atoms with van der Waals surface area (Å²) < 4.78 is 0. The summed E-state index contributed by atoms with van der Waals surface area (Å²) in [6.45, 7) is 4.39. The van der Waals surface area contributed by atoms with Gasteiger partial charge in [-0.15, -0.1) is 6.58 Å². The first-order valence-electron chi connectivity index (χ1n) is 7.93. The number of carbonyl (C=O) groups excluding carboxylic acids is 1. The Labute approximate surface area is 128 Å². The van der Waals surface area contributed by atoms with Crippen LogP contribution in [0.4, 0.5) is 0 Å². The molecule has 116 valence electrons. The average Bonchev–Trinajstić information content (AvgIpc) is 2.49. The molecule has 21 heavy (non-hydrogen) atoms. The Morgan fingerprint density at radius 1 is 1.05 bits per heavy atom. The fourth-order valence-corrected chi connectivity index (χ4v) is 2.26. The van der Waals surface area contributed by atoms with Gasteiger partial charge in [0.25, 0.3) is 5.91 Å². The van der Waals surface area contributed by atoms with Crippen molar-refractivity contribution in [3.8, 4) is 5.75 Å². The van der Waals surface area contributed by atoms with Gasteiger partial charge >= 0.3 is 0 Å². The third-order valence-corrected chi connectivity index (χ3v) is 3.52. The van der Waals surface area contributed by atoms with E-state index in [9.17, 15) is 9.90 Å². The number of para-hydroxylation sites is 1. The molecule has 0 radical (unpaired) electrons. The van der Waals surface area contributed by atoms with E-state index in [1.54, 1.807) is 18.2 Å². The Morgan fingerprint density at radius 2 is 1.67 bits per heavy atom. The molecule has 2 N–H and O–H groups in total. The SMILES string of the molecule is C=CCCCCCCCCCNC(=O)c1ccccc1O. The van der Waals surface area contributed by atoms with Crippen LogP contribution in [0.1, 0.15) is 61.7 Å². The van der Waals surface area contributed by atoms with Crippen LogP contribution < -0.4 is 5.32 Å². The van der Waals surface area contributed by atoms with Crippen LogP contribution in [0.3, 0.4) is 0 Å². The van der Waals surface area contributed by atoms with Crippen LogP contribution in [0, 0.1) is 0 Å². The number of phenolic OH excluding ortho intramolecular Hbond substituents is 1. The van der Waals surface area contributed by atoms with Crippen molar-refractivity contribution >= 4 is 5.91 Å². The molecule has 0 spiro atoms. The summed E-state index contributed by atoms with van der Waals surface area (Å²) >= 11 is 0. The van der Waals surface area contributed by atoms with Gasteiger partial charge in [-0.25, -0.2) is 0 Å². The number of hydrogen-bond acceptors (Lipinski definition) is 2. The van der Waals surface area contributed by atoms with Gasteiger partial charge in [-0.05, 0) is 31.4 Å². The number of allylic oxidation sites excluding steroid dienone is 1. The lowest BCUT2D eigenvalue weighted by atomic mass is 10.1. The molecule has 0 fully saturated rings. The zero-order valence-electron chi connectivity index (χ0n) is 12.8.